The molecule has 1 fully saturated rings. The maximum Gasteiger partial charge on any atom is 0.122 e. The summed E-state index contributed by atoms with van der Waals surface area (Å²) in [5, 5.41) is 0. The highest BCUT2D eigenvalue weighted by Gasteiger charge is 2.22. The Hall–Kier alpha value is -1.06. The zero-order chi connectivity index (χ0) is 13.8. The molecular formula is C16H25NO2. The van der Waals surface area contributed by atoms with Crippen molar-refractivity contribution in [2.75, 3.05) is 26.3 Å². The maximum atomic E-state index is 5.91. The molecule has 19 heavy (non-hydrogen) atoms. The summed E-state index contributed by atoms with van der Waals surface area (Å²) < 4.78 is 11.7. The van der Waals surface area contributed by atoms with E-state index in [-0.39, 0.29) is 6.10 Å². The number of hydrogen-bond donors (Lipinski definition) is 0. The van der Waals surface area contributed by atoms with Gasteiger partial charge in [-0.05, 0) is 39.3 Å². The van der Waals surface area contributed by atoms with E-state index in [1.165, 1.54) is 11.1 Å². The van der Waals surface area contributed by atoms with Crippen LogP contribution in [0, 0.1) is 13.8 Å². The zero-order valence-electron chi connectivity index (χ0n) is 12.5. The molecule has 1 atom stereocenters. The van der Waals surface area contributed by atoms with E-state index in [1.54, 1.807) is 0 Å². The van der Waals surface area contributed by atoms with E-state index < -0.39 is 0 Å². The van der Waals surface area contributed by atoms with E-state index >= 15 is 0 Å². The SMILES string of the molecule is Cc1ccc(OCC2CN(C(C)C)CCO2)c(C)c1. The molecule has 1 aliphatic heterocycles. The summed E-state index contributed by atoms with van der Waals surface area (Å²) in [4.78, 5) is 2.44. The monoisotopic (exact) mass is 263 g/mol. The van der Waals surface area contributed by atoms with Crippen molar-refractivity contribution in [2.45, 2.75) is 39.8 Å². The molecule has 0 amide bonds. The maximum absolute atomic E-state index is 5.91. The third-order valence-electron chi connectivity index (χ3n) is 3.66. The molecule has 1 heterocycles. The minimum absolute atomic E-state index is 0.178. The molecular weight excluding hydrogens is 238 g/mol. The van der Waals surface area contributed by atoms with Gasteiger partial charge in [0.05, 0.1) is 6.61 Å². The fraction of sp³-hybridized carbons (Fsp3) is 0.625. The predicted octanol–water partition coefficient (Wildman–Crippen LogP) is 2.79. The van der Waals surface area contributed by atoms with Gasteiger partial charge in [0.1, 0.15) is 18.5 Å². The largest absolute Gasteiger partial charge is 0.491 e. The van der Waals surface area contributed by atoms with Crippen molar-refractivity contribution in [1.29, 1.82) is 0 Å². The molecule has 3 nitrogen and oxygen atoms in total. The number of hydrogen-bond acceptors (Lipinski definition) is 3. The average Bonchev–Trinajstić information content (AvgIpc) is 2.38. The molecule has 0 spiro atoms. The minimum Gasteiger partial charge on any atom is -0.491 e. The van der Waals surface area contributed by atoms with Gasteiger partial charge in [-0.15, -0.1) is 0 Å². The second-order valence-corrected chi connectivity index (χ2v) is 5.66. The lowest BCUT2D eigenvalue weighted by Crippen LogP contribution is -2.47. The summed E-state index contributed by atoms with van der Waals surface area (Å²) in [5.41, 5.74) is 2.46. The fourth-order valence-electron chi connectivity index (χ4n) is 2.46. The summed E-state index contributed by atoms with van der Waals surface area (Å²) in [6.07, 6.45) is 0.178. The van der Waals surface area contributed by atoms with Crippen molar-refractivity contribution in [2.24, 2.45) is 0 Å². The molecule has 1 aromatic rings. The van der Waals surface area contributed by atoms with Gasteiger partial charge in [0.25, 0.3) is 0 Å². The van der Waals surface area contributed by atoms with Crippen LogP contribution in [-0.4, -0.2) is 43.3 Å². The Morgan fingerprint density at radius 1 is 1.37 bits per heavy atom. The number of ether oxygens (including phenoxy) is 2. The predicted molar refractivity (Wildman–Crippen MR) is 77.9 cm³/mol. The van der Waals surface area contributed by atoms with Gasteiger partial charge in [0, 0.05) is 19.1 Å². The second-order valence-electron chi connectivity index (χ2n) is 5.66. The second kappa shape index (κ2) is 6.40. The van der Waals surface area contributed by atoms with Crippen LogP contribution in [0.15, 0.2) is 18.2 Å². The van der Waals surface area contributed by atoms with Crippen LogP contribution in [0.1, 0.15) is 25.0 Å². The first kappa shape index (κ1) is 14.4. The summed E-state index contributed by atoms with van der Waals surface area (Å²) in [5.74, 6) is 0.968. The zero-order valence-corrected chi connectivity index (χ0v) is 12.5. The van der Waals surface area contributed by atoms with Crippen LogP contribution in [0.5, 0.6) is 5.75 Å². The van der Waals surface area contributed by atoms with Gasteiger partial charge >= 0.3 is 0 Å². The first-order valence-electron chi connectivity index (χ1n) is 7.12. The highest BCUT2D eigenvalue weighted by Crippen LogP contribution is 2.19. The molecule has 0 aromatic heterocycles. The number of benzene rings is 1. The number of morpholine rings is 1. The highest BCUT2D eigenvalue weighted by atomic mass is 16.5. The van der Waals surface area contributed by atoms with Crippen LogP contribution >= 0.6 is 0 Å². The van der Waals surface area contributed by atoms with Gasteiger partial charge in [-0.1, -0.05) is 17.7 Å². The van der Waals surface area contributed by atoms with Crippen molar-refractivity contribution < 1.29 is 9.47 Å². The molecule has 0 bridgehead atoms. The smallest absolute Gasteiger partial charge is 0.122 e. The van der Waals surface area contributed by atoms with Crippen LogP contribution in [0.25, 0.3) is 0 Å². The van der Waals surface area contributed by atoms with Crippen molar-refractivity contribution >= 4 is 0 Å². The molecule has 3 heteroatoms. The van der Waals surface area contributed by atoms with E-state index in [1.807, 2.05) is 6.07 Å². The van der Waals surface area contributed by atoms with Crippen molar-refractivity contribution in [3.63, 3.8) is 0 Å². The Kier molecular flexibility index (Phi) is 4.83. The summed E-state index contributed by atoms with van der Waals surface area (Å²) in [7, 11) is 0. The molecule has 1 saturated heterocycles. The van der Waals surface area contributed by atoms with Crippen molar-refractivity contribution in [1.82, 2.24) is 4.90 Å². The first-order chi connectivity index (χ1) is 9.06. The molecule has 0 aliphatic carbocycles. The third kappa shape index (κ3) is 3.95. The lowest BCUT2D eigenvalue weighted by molar-refractivity contribution is -0.0565. The van der Waals surface area contributed by atoms with Crippen molar-refractivity contribution in [3.8, 4) is 5.75 Å². The molecule has 0 radical (unpaired) electrons. The molecule has 0 N–H and O–H groups in total. The highest BCUT2D eigenvalue weighted by molar-refractivity contribution is 5.35. The lowest BCUT2D eigenvalue weighted by Gasteiger charge is -2.35. The first-order valence-corrected chi connectivity index (χ1v) is 7.12. The average molecular weight is 263 g/mol. The Bertz CT molecular complexity index is 417. The molecule has 1 unspecified atom stereocenters. The van der Waals surface area contributed by atoms with Crippen molar-refractivity contribution in [3.05, 3.63) is 29.3 Å². The van der Waals surface area contributed by atoms with Gasteiger partial charge in [-0.25, -0.2) is 0 Å². The Morgan fingerprint density at radius 2 is 2.16 bits per heavy atom. The van der Waals surface area contributed by atoms with Gasteiger partial charge in [-0.2, -0.15) is 0 Å². The van der Waals surface area contributed by atoms with E-state index in [0.29, 0.717) is 12.6 Å². The van der Waals surface area contributed by atoms with E-state index in [2.05, 4.69) is 44.7 Å². The lowest BCUT2D eigenvalue weighted by atomic mass is 10.1. The molecule has 1 aliphatic rings. The third-order valence-corrected chi connectivity index (χ3v) is 3.66. The molecule has 2 rings (SSSR count). The van der Waals surface area contributed by atoms with Crippen LogP contribution in [0.2, 0.25) is 0 Å². The Balaban J connectivity index is 1.88. The summed E-state index contributed by atoms with van der Waals surface area (Å²) in [6.45, 7) is 12.1. The Morgan fingerprint density at radius 3 is 2.84 bits per heavy atom. The van der Waals surface area contributed by atoms with E-state index in [0.717, 1.165) is 25.4 Å². The summed E-state index contributed by atoms with van der Waals surface area (Å²) in [6, 6.07) is 6.86. The normalized spacial score (nSPS) is 20.8. The quantitative estimate of drug-likeness (QED) is 0.834. The Labute approximate surface area is 116 Å². The van der Waals surface area contributed by atoms with Crippen LogP contribution in [0.4, 0.5) is 0 Å². The number of rotatable bonds is 4. The number of nitrogens with zero attached hydrogens (tertiary/aromatic N) is 1. The van der Waals surface area contributed by atoms with Gasteiger partial charge < -0.3 is 9.47 Å². The van der Waals surface area contributed by atoms with Crippen LogP contribution in [0.3, 0.4) is 0 Å². The number of aryl methyl sites for hydroxylation is 2. The van der Waals surface area contributed by atoms with Gasteiger partial charge in [0.2, 0.25) is 0 Å². The molecule has 1 aromatic carbocycles. The fourth-order valence-corrected chi connectivity index (χ4v) is 2.46. The van der Waals surface area contributed by atoms with Crippen LogP contribution in [-0.2, 0) is 4.74 Å². The summed E-state index contributed by atoms with van der Waals surface area (Å²) >= 11 is 0. The van der Waals surface area contributed by atoms with Gasteiger partial charge in [0.15, 0.2) is 0 Å². The molecule has 0 saturated carbocycles. The standard InChI is InChI=1S/C16H25NO2/c1-12(2)17-7-8-18-15(10-17)11-19-16-6-5-13(3)9-14(16)4/h5-6,9,12,15H,7-8,10-11H2,1-4H3. The van der Waals surface area contributed by atoms with E-state index in [9.17, 15) is 0 Å². The van der Waals surface area contributed by atoms with Gasteiger partial charge in [-0.3, -0.25) is 4.90 Å². The minimum atomic E-state index is 0.178. The molecule has 106 valence electrons. The van der Waals surface area contributed by atoms with Crippen LogP contribution < -0.4 is 4.74 Å². The van der Waals surface area contributed by atoms with E-state index in [4.69, 9.17) is 9.47 Å². The topological polar surface area (TPSA) is 21.7 Å².